The highest BCUT2D eigenvalue weighted by molar-refractivity contribution is 7.80. The maximum Gasteiger partial charge on any atom is 0.170 e. The number of thiocarbonyl (C=S) groups is 1. The molecule has 0 atom stereocenters. The second-order valence-electron chi connectivity index (χ2n) is 5.00. The number of ether oxygens (including phenoxy) is 2. The molecule has 122 valence electrons. The summed E-state index contributed by atoms with van der Waals surface area (Å²) < 4.78 is 11.0. The SMILES string of the molecule is CCOc1ccc(NC(=S)NCCOc2ccc(C)cc2)cc1. The van der Waals surface area contributed by atoms with Gasteiger partial charge in [-0.05, 0) is 62.5 Å². The Balaban J connectivity index is 1.67. The molecule has 0 heterocycles. The molecule has 23 heavy (non-hydrogen) atoms. The van der Waals surface area contributed by atoms with Crippen molar-refractivity contribution in [3.63, 3.8) is 0 Å². The first kappa shape index (κ1) is 17.1. The van der Waals surface area contributed by atoms with Crippen LogP contribution in [0.2, 0.25) is 0 Å². The number of aryl methyl sites for hydroxylation is 1. The molecule has 0 aliphatic heterocycles. The molecule has 2 aromatic rings. The molecule has 0 spiro atoms. The zero-order valence-electron chi connectivity index (χ0n) is 13.5. The lowest BCUT2D eigenvalue weighted by atomic mass is 10.2. The molecule has 0 aliphatic carbocycles. The Kier molecular flexibility index (Phi) is 6.69. The second-order valence-corrected chi connectivity index (χ2v) is 5.41. The topological polar surface area (TPSA) is 42.5 Å². The minimum atomic E-state index is 0.550. The minimum Gasteiger partial charge on any atom is -0.494 e. The summed E-state index contributed by atoms with van der Waals surface area (Å²) in [5.41, 5.74) is 2.14. The zero-order chi connectivity index (χ0) is 16.5. The van der Waals surface area contributed by atoms with Crippen molar-refractivity contribution in [3.8, 4) is 11.5 Å². The maximum atomic E-state index is 5.64. The van der Waals surface area contributed by atoms with Crippen LogP contribution < -0.4 is 20.1 Å². The van der Waals surface area contributed by atoms with Crippen molar-refractivity contribution in [2.24, 2.45) is 0 Å². The van der Waals surface area contributed by atoms with Gasteiger partial charge in [0.2, 0.25) is 0 Å². The van der Waals surface area contributed by atoms with Crippen LogP contribution in [-0.2, 0) is 0 Å². The molecule has 2 N–H and O–H groups in total. The molecule has 0 fully saturated rings. The third kappa shape index (κ3) is 6.16. The number of hydrogen-bond donors (Lipinski definition) is 2. The molecule has 0 bridgehead atoms. The summed E-state index contributed by atoms with van der Waals surface area (Å²) in [5.74, 6) is 1.71. The first-order valence-electron chi connectivity index (χ1n) is 7.64. The van der Waals surface area contributed by atoms with Gasteiger partial charge in [0.25, 0.3) is 0 Å². The predicted octanol–water partition coefficient (Wildman–Crippen LogP) is 3.76. The Bertz CT molecular complexity index is 612. The molecule has 0 radical (unpaired) electrons. The van der Waals surface area contributed by atoms with Crippen LogP contribution in [0.25, 0.3) is 0 Å². The first-order valence-corrected chi connectivity index (χ1v) is 8.05. The van der Waals surface area contributed by atoms with Crippen molar-refractivity contribution in [1.82, 2.24) is 5.32 Å². The van der Waals surface area contributed by atoms with E-state index in [-0.39, 0.29) is 0 Å². The maximum absolute atomic E-state index is 5.64. The molecule has 2 aromatic carbocycles. The van der Waals surface area contributed by atoms with Crippen LogP contribution >= 0.6 is 12.2 Å². The molecule has 5 heteroatoms. The van der Waals surface area contributed by atoms with Crippen LogP contribution in [0.3, 0.4) is 0 Å². The third-order valence-corrected chi connectivity index (χ3v) is 3.35. The fourth-order valence-corrected chi connectivity index (χ4v) is 2.16. The molecule has 4 nitrogen and oxygen atoms in total. The number of rotatable bonds is 7. The Morgan fingerprint density at radius 1 is 0.957 bits per heavy atom. The normalized spacial score (nSPS) is 10.0. The smallest absolute Gasteiger partial charge is 0.170 e. The van der Waals surface area contributed by atoms with E-state index >= 15 is 0 Å². The molecule has 0 aromatic heterocycles. The molecule has 2 rings (SSSR count). The highest BCUT2D eigenvalue weighted by Gasteiger charge is 1.99. The van der Waals surface area contributed by atoms with Gasteiger partial charge >= 0.3 is 0 Å². The van der Waals surface area contributed by atoms with Crippen molar-refractivity contribution < 1.29 is 9.47 Å². The van der Waals surface area contributed by atoms with Crippen molar-refractivity contribution >= 4 is 23.0 Å². The van der Waals surface area contributed by atoms with Gasteiger partial charge in [0.1, 0.15) is 18.1 Å². The molecule has 0 unspecified atom stereocenters. The fraction of sp³-hybridized carbons (Fsp3) is 0.278. The average Bonchev–Trinajstić information content (AvgIpc) is 2.55. The number of benzene rings is 2. The van der Waals surface area contributed by atoms with E-state index in [0.29, 0.717) is 24.9 Å². The largest absolute Gasteiger partial charge is 0.494 e. The Morgan fingerprint density at radius 2 is 1.57 bits per heavy atom. The number of anilines is 1. The summed E-state index contributed by atoms with van der Waals surface area (Å²) in [5, 5.41) is 6.81. The lowest BCUT2D eigenvalue weighted by Gasteiger charge is -2.12. The highest BCUT2D eigenvalue weighted by Crippen LogP contribution is 2.15. The molecular weight excluding hydrogens is 308 g/mol. The van der Waals surface area contributed by atoms with E-state index in [1.54, 1.807) is 0 Å². The van der Waals surface area contributed by atoms with E-state index in [9.17, 15) is 0 Å². The van der Waals surface area contributed by atoms with Crippen LogP contribution in [-0.4, -0.2) is 24.9 Å². The van der Waals surface area contributed by atoms with Crippen molar-refractivity contribution in [1.29, 1.82) is 0 Å². The quantitative estimate of drug-likeness (QED) is 0.598. The fourth-order valence-electron chi connectivity index (χ4n) is 1.94. The van der Waals surface area contributed by atoms with Crippen LogP contribution in [0.15, 0.2) is 48.5 Å². The van der Waals surface area contributed by atoms with Gasteiger partial charge in [-0.15, -0.1) is 0 Å². The van der Waals surface area contributed by atoms with Gasteiger partial charge < -0.3 is 20.1 Å². The summed E-state index contributed by atoms with van der Waals surface area (Å²) >= 11 is 5.26. The average molecular weight is 330 g/mol. The highest BCUT2D eigenvalue weighted by atomic mass is 32.1. The van der Waals surface area contributed by atoms with E-state index in [4.69, 9.17) is 21.7 Å². The summed E-state index contributed by atoms with van der Waals surface area (Å²) in [4.78, 5) is 0. The molecule has 0 amide bonds. The summed E-state index contributed by atoms with van der Waals surface area (Å²) in [6.45, 7) is 5.86. The van der Waals surface area contributed by atoms with Crippen molar-refractivity contribution in [3.05, 3.63) is 54.1 Å². The Morgan fingerprint density at radius 3 is 2.22 bits per heavy atom. The Labute approximate surface area is 142 Å². The first-order chi connectivity index (χ1) is 11.2. The van der Waals surface area contributed by atoms with Gasteiger partial charge in [-0.2, -0.15) is 0 Å². The Hall–Kier alpha value is -2.27. The van der Waals surface area contributed by atoms with E-state index < -0.39 is 0 Å². The van der Waals surface area contributed by atoms with Crippen LogP contribution in [0.4, 0.5) is 5.69 Å². The molecule has 0 saturated carbocycles. The molecule has 0 aliphatic rings. The van der Waals surface area contributed by atoms with E-state index in [0.717, 1.165) is 17.2 Å². The summed E-state index contributed by atoms with van der Waals surface area (Å²) in [6.07, 6.45) is 0. The van der Waals surface area contributed by atoms with Gasteiger partial charge in [-0.25, -0.2) is 0 Å². The standard InChI is InChI=1S/C18H22N2O2S/c1-3-21-16-10-6-15(7-11-16)20-18(23)19-12-13-22-17-8-4-14(2)5-9-17/h4-11H,3,12-13H2,1-2H3,(H2,19,20,23). The van der Waals surface area contributed by atoms with E-state index in [1.807, 2.05) is 55.5 Å². The van der Waals surface area contributed by atoms with E-state index in [1.165, 1.54) is 5.56 Å². The van der Waals surface area contributed by atoms with Crippen LogP contribution in [0.1, 0.15) is 12.5 Å². The number of nitrogens with one attached hydrogen (secondary N) is 2. The summed E-state index contributed by atoms with van der Waals surface area (Å²) in [7, 11) is 0. The lowest BCUT2D eigenvalue weighted by Crippen LogP contribution is -2.31. The van der Waals surface area contributed by atoms with Crippen LogP contribution in [0, 0.1) is 6.92 Å². The number of hydrogen-bond acceptors (Lipinski definition) is 3. The minimum absolute atomic E-state index is 0.550. The van der Waals surface area contributed by atoms with Gasteiger partial charge in [0.15, 0.2) is 5.11 Å². The molecule has 0 saturated heterocycles. The van der Waals surface area contributed by atoms with Crippen molar-refractivity contribution in [2.75, 3.05) is 25.1 Å². The van der Waals surface area contributed by atoms with Crippen LogP contribution in [0.5, 0.6) is 11.5 Å². The van der Waals surface area contributed by atoms with Gasteiger partial charge in [-0.1, -0.05) is 17.7 Å². The zero-order valence-corrected chi connectivity index (χ0v) is 14.3. The van der Waals surface area contributed by atoms with E-state index in [2.05, 4.69) is 17.6 Å². The van der Waals surface area contributed by atoms with Gasteiger partial charge in [0, 0.05) is 5.69 Å². The van der Waals surface area contributed by atoms with Gasteiger partial charge in [-0.3, -0.25) is 0 Å². The van der Waals surface area contributed by atoms with Gasteiger partial charge in [0.05, 0.1) is 13.2 Å². The third-order valence-electron chi connectivity index (χ3n) is 3.10. The second kappa shape index (κ2) is 9.00. The lowest BCUT2D eigenvalue weighted by molar-refractivity contribution is 0.322. The molecular formula is C18H22N2O2S. The summed E-state index contributed by atoms with van der Waals surface area (Å²) in [6, 6.07) is 15.7. The predicted molar refractivity (Wildman–Crippen MR) is 98.5 cm³/mol. The monoisotopic (exact) mass is 330 g/mol. The van der Waals surface area contributed by atoms with Crippen molar-refractivity contribution in [2.45, 2.75) is 13.8 Å².